The van der Waals surface area contributed by atoms with E-state index >= 15 is 0 Å². The van der Waals surface area contributed by atoms with Crippen molar-refractivity contribution in [2.75, 3.05) is 0 Å². The van der Waals surface area contributed by atoms with E-state index in [4.69, 9.17) is 11.6 Å². The number of rotatable bonds is 12. The number of aryl methyl sites for hydroxylation is 3. The molecule has 0 radical (unpaired) electrons. The van der Waals surface area contributed by atoms with E-state index < -0.39 is 0 Å². The Morgan fingerprint density at radius 3 is 1.05 bits per heavy atom. The maximum Gasteiger partial charge on any atom is 0.258 e. The lowest BCUT2D eigenvalue weighted by atomic mass is 9.85. The molecule has 0 aliphatic rings. The molecular weight excluding hydrogens is 973 g/mol. The molecule has 0 amide bonds. The van der Waals surface area contributed by atoms with Crippen LogP contribution in [0, 0.1) is 5.82 Å². The Morgan fingerprint density at radius 1 is 0.403 bits per heavy atom. The monoisotopic (exact) mass is 1050 g/mol. The van der Waals surface area contributed by atoms with Crippen LogP contribution < -0.4 is 16.7 Å². The smallest absolute Gasteiger partial charge is 0.258 e. The molecule has 0 unspecified atom stereocenters. The van der Waals surface area contributed by atoms with Gasteiger partial charge in [0.2, 0.25) is 0 Å². The molecule has 3 aromatic heterocycles. The maximum absolute atomic E-state index is 14.7. The summed E-state index contributed by atoms with van der Waals surface area (Å²) in [7, 11) is 0. The maximum atomic E-state index is 14.7. The molecule has 0 atom stereocenters. The van der Waals surface area contributed by atoms with E-state index in [2.05, 4.69) is 98.7 Å². The molecule has 9 aromatic rings. The summed E-state index contributed by atoms with van der Waals surface area (Å²) in [6.07, 6.45) is 12.0. The van der Waals surface area contributed by atoms with Crippen LogP contribution in [0.15, 0.2) is 166 Å². The van der Waals surface area contributed by atoms with Crippen LogP contribution >= 0.6 is 11.6 Å². The van der Waals surface area contributed by atoms with Gasteiger partial charge >= 0.3 is 0 Å². The molecule has 77 heavy (non-hydrogen) atoms. The third-order valence-corrected chi connectivity index (χ3v) is 14.8. The minimum atomic E-state index is -0.245. The molecule has 0 spiro atoms. The second-order valence-electron chi connectivity index (χ2n) is 23.5. The number of nitrogens with zero attached hydrogens (tertiary/aromatic N) is 3. The standard InChI is InChI=1S/C23H26ClNO.C23H26FNO.C23H27NO/c2*1-5-6-13-25-15-19(17-9-7-8-10-18(17)22(25)26)16-11-12-20(21(24)14-16)23(2,3)4;1-5-6-15-24-16-21(19-9-7-8-10-20(19)22(24)25)17-11-13-18(14-12-17)23(2,3)4/h2*7-12,14-15H,5-6,13H2,1-4H3;7-14,16H,5-6,15H2,1-4H3. The first-order chi connectivity index (χ1) is 36.6. The second-order valence-corrected chi connectivity index (χ2v) is 23.9. The summed E-state index contributed by atoms with van der Waals surface area (Å²) in [5.74, 6) is -0.203. The summed E-state index contributed by atoms with van der Waals surface area (Å²) >= 11 is 6.60. The van der Waals surface area contributed by atoms with Gasteiger partial charge < -0.3 is 13.7 Å². The first kappa shape index (κ1) is 57.9. The van der Waals surface area contributed by atoms with Crippen molar-refractivity contribution in [2.24, 2.45) is 0 Å². The molecular formula is C69H79ClFN3O3. The third-order valence-electron chi connectivity index (χ3n) is 14.5. The topological polar surface area (TPSA) is 66.0 Å². The van der Waals surface area contributed by atoms with Gasteiger partial charge in [-0.05, 0) is 115 Å². The van der Waals surface area contributed by atoms with Crippen molar-refractivity contribution in [1.82, 2.24) is 13.7 Å². The van der Waals surface area contributed by atoms with Gasteiger partial charge in [0.25, 0.3) is 16.7 Å². The van der Waals surface area contributed by atoms with Crippen molar-refractivity contribution >= 4 is 43.9 Å². The van der Waals surface area contributed by atoms with Crippen LogP contribution in [-0.4, -0.2) is 13.7 Å². The van der Waals surface area contributed by atoms with Gasteiger partial charge in [0.15, 0.2) is 0 Å². The number of fused-ring (bicyclic) bond motifs is 3. The number of pyridine rings is 3. The number of unbranched alkanes of at least 4 members (excludes halogenated alkanes) is 3. The highest BCUT2D eigenvalue weighted by Crippen LogP contribution is 2.36. The van der Waals surface area contributed by atoms with E-state index in [1.165, 1.54) is 5.56 Å². The third kappa shape index (κ3) is 13.5. The van der Waals surface area contributed by atoms with Gasteiger partial charge in [0.1, 0.15) is 5.82 Å². The van der Waals surface area contributed by atoms with Gasteiger partial charge in [-0.25, -0.2) is 4.39 Å². The Hall–Kier alpha value is -6.83. The average Bonchev–Trinajstić information content (AvgIpc) is 3.41. The second kappa shape index (κ2) is 24.7. The van der Waals surface area contributed by atoms with Crippen LogP contribution in [0.4, 0.5) is 4.39 Å². The Kier molecular flexibility index (Phi) is 18.5. The zero-order chi connectivity index (χ0) is 55.8. The van der Waals surface area contributed by atoms with E-state index in [1.807, 2.05) is 139 Å². The van der Waals surface area contributed by atoms with Crippen LogP contribution in [0.3, 0.4) is 0 Å². The van der Waals surface area contributed by atoms with Crippen molar-refractivity contribution in [1.29, 1.82) is 0 Å². The van der Waals surface area contributed by atoms with Crippen LogP contribution in [-0.2, 0) is 35.9 Å². The molecule has 9 rings (SSSR count). The molecule has 0 aliphatic heterocycles. The van der Waals surface area contributed by atoms with Gasteiger partial charge in [-0.2, -0.15) is 0 Å². The Morgan fingerprint density at radius 2 is 0.727 bits per heavy atom. The number of hydrogen-bond acceptors (Lipinski definition) is 3. The van der Waals surface area contributed by atoms with E-state index in [-0.39, 0.29) is 38.7 Å². The minimum absolute atomic E-state index is 0.00239. The predicted molar refractivity (Wildman–Crippen MR) is 327 cm³/mol. The van der Waals surface area contributed by atoms with E-state index in [1.54, 1.807) is 10.6 Å². The summed E-state index contributed by atoms with van der Waals surface area (Å²) in [6.45, 7) is 27.7. The van der Waals surface area contributed by atoms with Gasteiger partial charge in [0.05, 0.1) is 0 Å². The van der Waals surface area contributed by atoms with E-state index in [0.717, 1.165) is 123 Å². The molecule has 3 heterocycles. The molecule has 0 saturated heterocycles. The van der Waals surface area contributed by atoms with Gasteiger partial charge in [-0.3, -0.25) is 14.4 Å². The summed E-state index contributed by atoms with van der Waals surface area (Å²) in [5.41, 5.74) is 9.34. The minimum Gasteiger partial charge on any atom is -0.314 e. The summed E-state index contributed by atoms with van der Waals surface area (Å²) in [6, 6.07) is 43.8. The highest BCUT2D eigenvalue weighted by atomic mass is 35.5. The van der Waals surface area contributed by atoms with E-state index in [0.29, 0.717) is 17.5 Å². The first-order valence-corrected chi connectivity index (χ1v) is 28.0. The molecule has 0 saturated carbocycles. The van der Waals surface area contributed by atoms with Crippen molar-refractivity contribution < 1.29 is 4.39 Å². The van der Waals surface area contributed by atoms with Gasteiger partial charge in [-0.15, -0.1) is 0 Å². The van der Waals surface area contributed by atoms with Crippen molar-refractivity contribution in [3.8, 4) is 33.4 Å². The SMILES string of the molecule is CCCCn1cc(-c2ccc(C(C)(C)C)c(Cl)c2)c2ccccc2c1=O.CCCCn1cc(-c2ccc(C(C)(C)C)c(F)c2)c2ccccc2c1=O.CCCCn1cc(-c2ccc(C(C)(C)C)cc2)c2ccccc2c1=O. The average molecular weight is 1050 g/mol. The fourth-order valence-electron chi connectivity index (χ4n) is 9.93. The normalized spacial score (nSPS) is 11.9. The molecule has 0 bridgehead atoms. The van der Waals surface area contributed by atoms with Crippen LogP contribution in [0.1, 0.15) is 138 Å². The fourth-order valence-corrected chi connectivity index (χ4v) is 10.4. The van der Waals surface area contributed by atoms with Gasteiger partial charge in [0, 0.05) is 76.1 Å². The Bertz CT molecular complexity index is 3530. The molecule has 0 fully saturated rings. The molecule has 0 aliphatic carbocycles. The van der Waals surface area contributed by atoms with Gasteiger partial charge in [-0.1, -0.05) is 217 Å². The Balaban J connectivity index is 0.000000168. The van der Waals surface area contributed by atoms with Crippen molar-refractivity contribution in [3.05, 3.63) is 211 Å². The number of hydrogen-bond donors (Lipinski definition) is 0. The predicted octanol–water partition coefficient (Wildman–Crippen LogP) is 18.1. The Labute approximate surface area is 461 Å². The first-order valence-electron chi connectivity index (χ1n) is 27.7. The molecule has 6 nitrogen and oxygen atoms in total. The number of aromatic nitrogens is 3. The zero-order valence-electron chi connectivity index (χ0n) is 47.6. The molecule has 8 heteroatoms. The summed E-state index contributed by atoms with van der Waals surface area (Å²) in [5, 5.41) is 5.89. The zero-order valence-corrected chi connectivity index (χ0v) is 48.4. The number of benzene rings is 6. The highest BCUT2D eigenvalue weighted by molar-refractivity contribution is 6.31. The number of halogens is 2. The summed E-state index contributed by atoms with van der Waals surface area (Å²) < 4.78 is 20.2. The quantitative estimate of drug-likeness (QED) is 0.122. The molecule has 0 N–H and O–H groups in total. The van der Waals surface area contributed by atoms with Crippen LogP contribution in [0.25, 0.3) is 65.7 Å². The molecule has 402 valence electrons. The fraction of sp³-hybridized carbons (Fsp3) is 0.348. The lowest BCUT2D eigenvalue weighted by Gasteiger charge is -2.21. The lowest BCUT2D eigenvalue weighted by molar-refractivity contribution is 0.523. The van der Waals surface area contributed by atoms with Crippen LogP contribution in [0.2, 0.25) is 5.02 Å². The molecule has 6 aromatic carbocycles. The highest BCUT2D eigenvalue weighted by Gasteiger charge is 2.22. The lowest BCUT2D eigenvalue weighted by Crippen LogP contribution is -2.20. The largest absolute Gasteiger partial charge is 0.314 e. The van der Waals surface area contributed by atoms with Crippen molar-refractivity contribution in [2.45, 2.75) is 157 Å². The van der Waals surface area contributed by atoms with E-state index in [9.17, 15) is 18.8 Å². The summed E-state index contributed by atoms with van der Waals surface area (Å²) in [4.78, 5) is 38.3. The van der Waals surface area contributed by atoms with Crippen molar-refractivity contribution in [3.63, 3.8) is 0 Å². The van der Waals surface area contributed by atoms with Crippen LogP contribution in [0.5, 0.6) is 0 Å².